The Balaban J connectivity index is 2.12. The maximum atomic E-state index is 12.7. The van der Waals surface area contributed by atoms with E-state index in [1.165, 1.54) is 30.0 Å². The largest absolute Gasteiger partial charge is 0.271 e. The second-order valence-electron chi connectivity index (χ2n) is 5.84. The Morgan fingerprint density at radius 2 is 1.76 bits per heavy atom. The molecule has 0 aliphatic heterocycles. The van der Waals surface area contributed by atoms with Crippen molar-refractivity contribution >= 4 is 56.8 Å². The van der Waals surface area contributed by atoms with E-state index in [0.717, 1.165) is 0 Å². The molecule has 2 aromatic rings. The van der Waals surface area contributed by atoms with Gasteiger partial charge in [-0.15, -0.1) is 0 Å². The van der Waals surface area contributed by atoms with Gasteiger partial charge in [0.15, 0.2) is 0 Å². The van der Waals surface area contributed by atoms with Crippen molar-refractivity contribution in [2.45, 2.75) is 17.4 Å². The molecule has 0 saturated carbocycles. The van der Waals surface area contributed by atoms with Crippen molar-refractivity contribution in [2.75, 3.05) is 12.0 Å². The molecule has 0 spiro atoms. The van der Waals surface area contributed by atoms with Gasteiger partial charge in [-0.05, 0) is 48.8 Å². The van der Waals surface area contributed by atoms with Crippen molar-refractivity contribution in [3.63, 3.8) is 0 Å². The summed E-state index contributed by atoms with van der Waals surface area (Å²) in [5.74, 6) is -0.718. The molecule has 0 radical (unpaired) electrons. The number of hydrogen-bond acceptors (Lipinski definition) is 5. The van der Waals surface area contributed by atoms with Gasteiger partial charge in [0, 0.05) is 10.6 Å². The van der Waals surface area contributed by atoms with Crippen LogP contribution < -0.4 is 15.6 Å². The molecule has 0 aliphatic carbocycles. The van der Waals surface area contributed by atoms with Crippen LogP contribution in [0.5, 0.6) is 0 Å². The molecular formula is C18H19Cl2N3O4S2. The van der Waals surface area contributed by atoms with Crippen LogP contribution in [0.15, 0.2) is 53.4 Å². The lowest BCUT2D eigenvalue weighted by Crippen LogP contribution is -2.52. The second kappa shape index (κ2) is 10.8. The van der Waals surface area contributed by atoms with Gasteiger partial charge in [-0.25, -0.2) is 8.42 Å². The summed E-state index contributed by atoms with van der Waals surface area (Å²) in [5, 5.41) is 0.165. The zero-order valence-electron chi connectivity index (χ0n) is 15.3. The number of carbonyl (C=O) groups excluding carboxylic acids is 2. The molecule has 29 heavy (non-hydrogen) atoms. The van der Waals surface area contributed by atoms with Crippen molar-refractivity contribution in [3.8, 4) is 0 Å². The van der Waals surface area contributed by atoms with Crippen LogP contribution in [0.4, 0.5) is 0 Å². The first kappa shape index (κ1) is 23.5. The summed E-state index contributed by atoms with van der Waals surface area (Å²) in [5.41, 5.74) is 4.88. The van der Waals surface area contributed by atoms with Gasteiger partial charge in [0.05, 0.1) is 5.02 Å². The summed E-state index contributed by atoms with van der Waals surface area (Å²) in [7, 11) is -4.13. The summed E-state index contributed by atoms with van der Waals surface area (Å²) in [6, 6.07) is 11.2. The molecule has 7 nitrogen and oxygen atoms in total. The normalized spacial score (nSPS) is 12.2. The number of carbonyl (C=O) groups is 2. The summed E-state index contributed by atoms with van der Waals surface area (Å²) in [4.78, 5) is 24.4. The van der Waals surface area contributed by atoms with Crippen LogP contribution in [-0.4, -0.2) is 38.3 Å². The predicted molar refractivity (Wildman–Crippen MR) is 116 cm³/mol. The van der Waals surface area contributed by atoms with Gasteiger partial charge < -0.3 is 0 Å². The first-order valence-corrected chi connectivity index (χ1v) is 12.0. The van der Waals surface area contributed by atoms with Crippen molar-refractivity contribution < 1.29 is 18.0 Å². The smallest absolute Gasteiger partial charge is 0.269 e. The molecular weight excluding hydrogens is 457 g/mol. The number of benzene rings is 2. The number of thioether (sulfide) groups is 1. The third-order valence-corrected chi connectivity index (χ3v) is 6.57. The van der Waals surface area contributed by atoms with Crippen molar-refractivity contribution in [1.82, 2.24) is 15.6 Å². The van der Waals surface area contributed by atoms with Crippen LogP contribution in [0.3, 0.4) is 0 Å². The van der Waals surface area contributed by atoms with Gasteiger partial charge in [0.2, 0.25) is 10.0 Å². The monoisotopic (exact) mass is 475 g/mol. The third-order valence-electron chi connectivity index (χ3n) is 3.74. The minimum absolute atomic E-state index is 0.0247. The van der Waals surface area contributed by atoms with E-state index in [9.17, 15) is 18.0 Å². The fourth-order valence-electron chi connectivity index (χ4n) is 2.28. The molecule has 0 aliphatic rings. The molecule has 2 rings (SSSR count). The number of amides is 2. The summed E-state index contributed by atoms with van der Waals surface area (Å²) < 4.78 is 27.8. The summed E-state index contributed by atoms with van der Waals surface area (Å²) in [6.07, 6.45) is 2.03. The highest BCUT2D eigenvalue weighted by Gasteiger charge is 2.27. The lowest BCUT2D eigenvalue weighted by Gasteiger charge is -2.19. The number of sulfonamides is 1. The van der Waals surface area contributed by atoms with E-state index in [4.69, 9.17) is 23.2 Å². The molecule has 2 amide bonds. The van der Waals surface area contributed by atoms with Crippen LogP contribution in [0.2, 0.25) is 10.0 Å². The van der Waals surface area contributed by atoms with Crippen molar-refractivity contribution in [2.24, 2.45) is 0 Å². The van der Waals surface area contributed by atoms with E-state index in [-0.39, 0.29) is 21.4 Å². The van der Waals surface area contributed by atoms with Crippen molar-refractivity contribution in [3.05, 3.63) is 64.1 Å². The Morgan fingerprint density at radius 3 is 2.41 bits per heavy atom. The highest BCUT2D eigenvalue weighted by molar-refractivity contribution is 7.98. The second-order valence-corrected chi connectivity index (χ2v) is 9.35. The lowest BCUT2D eigenvalue weighted by molar-refractivity contribution is -0.123. The molecule has 0 bridgehead atoms. The van der Waals surface area contributed by atoms with Gasteiger partial charge in [-0.2, -0.15) is 16.5 Å². The number of nitrogens with one attached hydrogen (secondary N) is 3. The Bertz CT molecular complexity index is 972. The molecule has 156 valence electrons. The Labute approximate surface area is 183 Å². The van der Waals surface area contributed by atoms with Gasteiger partial charge in [-0.1, -0.05) is 41.4 Å². The fourth-order valence-corrected chi connectivity index (χ4v) is 4.74. The molecule has 1 atom stereocenters. The van der Waals surface area contributed by atoms with E-state index in [1.54, 1.807) is 30.3 Å². The molecule has 3 N–H and O–H groups in total. The molecule has 0 heterocycles. The fraction of sp³-hybridized carbons (Fsp3) is 0.222. The molecule has 0 fully saturated rings. The zero-order valence-corrected chi connectivity index (χ0v) is 18.5. The topological polar surface area (TPSA) is 104 Å². The van der Waals surface area contributed by atoms with Crippen LogP contribution in [0, 0.1) is 0 Å². The lowest BCUT2D eigenvalue weighted by atomic mass is 10.2. The third kappa shape index (κ3) is 6.90. The first-order chi connectivity index (χ1) is 13.7. The zero-order chi connectivity index (χ0) is 21.4. The number of halogens is 2. The number of hydrazine groups is 1. The molecule has 0 aromatic heterocycles. The molecule has 0 unspecified atom stereocenters. The first-order valence-electron chi connectivity index (χ1n) is 8.36. The molecule has 2 aromatic carbocycles. The molecule has 0 saturated heterocycles. The number of rotatable bonds is 8. The Kier molecular flexibility index (Phi) is 8.79. The summed E-state index contributed by atoms with van der Waals surface area (Å²) >= 11 is 13.3. The van der Waals surface area contributed by atoms with E-state index >= 15 is 0 Å². The van der Waals surface area contributed by atoms with E-state index < -0.39 is 27.9 Å². The van der Waals surface area contributed by atoms with E-state index in [2.05, 4.69) is 15.6 Å². The SMILES string of the molecule is CSCC[C@H](NS(=O)(=O)c1cc(Cl)ccc1Cl)C(=O)NNC(=O)c1ccccc1. The van der Waals surface area contributed by atoms with Crippen LogP contribution >= 0.6 is 35.0 Å². The highest BCUT2D eigenvalue weighted by Crippen LogP contribution is 2.25. The van der Waals surface area contributed by atoms with E-state index in [0.29, 0.717) is 11.3 Å². The quantitative estimate of drug-likeness (QED) is 0.509. The van der Waals surface area contributed by atoms with Gasteiger partial charge in [0.25, 0.3) is 11.8 Å². The Morgan fingerprint density at radius 1 is 1.07 bits per heavy atom. The van der Waals surface area contributed by atoms with E-state index in [1.807, 2.05) is 6.26 Å². The average Bonchev–Trinajstić information content (AvgIpc) is 2.71. The van der Waals surface area contributed by atoms with Crippen LogP contribution in [-0.2, 0) is 14.8 Å². The maximum Gasteiger partial charge on any atom is 0.269 e. The Hall–Kier alpha value is -1.78. The minimum atomic E-state index is -4.13. The number of hydrogen-bond donors (Lipinski definition) is 3. The standard InChI is InChI=1S/C18H19Cl2N3O4S2/c1-28-10-9-15(18(25)22-21-17(24)12-5-3-2-4-6-12)23-29(26,27)16-11-13(19)7-8-14(16)20/h2-8,11,15,23H,9-10H2,1H3,(H,21,24)(H,22,25)/t15-/m0/s1. The summed E-state index contributed by atoms with van der Waals surface area (Å²) in [6.45, 7) is 0. The average molecular weight is 476 g/mol. The van der Waals surface area contributed by atoms with Crippen LogP contribution in [0.1, 0.15) is 16.8 Å². The minimum Gasteiger partial charge on any atom is -0.271 e. The molecule has 11 heteroatoms. The van der Waals surface area contributed by atoms with Crippen LogP contribution in [0.25, 0.3) is 0 Å². The highest BCUT2D eigenvalue weighted by atomic mass is 35.5. The van der Waals surface area contributed by atoms with Crippen molar-refractivity contribution in [1.29, 1.82) is 0 Å². The van der Waals surface area contributed by atoms with Gasteiger partial charge in [0.1, 0.15) is 10.9 Å². The van der Waals surface area contributed by atoms with Gasteiger partial charge in [-0.3, -0.25) is 20.4 Å². The van der Waals surface area contributed by atoms with Gasteiger partial charge >= 0.3 is 0 Å². The maximum absolute atomic E-state index is 12.7. The predicted octanol–water partition coefficient (Wildman–Crippen LogP) is 2.85.